The maximum atomic E-state index is 10.9. The summed E-state index contributed by atoms with van der Waals surface area (Å²) in [5.74, 6) is 0.881. The largest absolute Gasteiger partial charge is 0.418 e. The second-order valence-corrected chi connectivity index (χ2v) is 3.49. The van der Waals surface area contributed by atoms with Crippen LogP contribution in [0.25, 0.3) is 0 Å². The van der Waals surface area contributed by atoms with Gasteiger partial charge in [-0.15, -0.1) is 0 Å². The van der Waals surface area contributed by atoms with Crippen molar-refractivity contribution in [1.82, 2.24) is 4.67 Å². The molecule has 0 aromatic heterocycles. The number of cyclic esters (lactones) is 1. The molecule has 1 saturated heterocycles. The molecule has 0 aromatic carbocycles. The van der Waals surface area contributed by atoms with Gasteiger partial charge in [0.2, 0.25) is 0 Å². The van der Waals surface area contributed by atoms with E-state index < -0.39 is 0 Å². The Labute approximate surface area is 68.7 Å². The number of carbonyl (C=O) groups excluding carboxylic acids is 1. The molecule has 0 bridgehead atoms. The van der Waals surface area contributed by atoms with E-state index in [0.717, 1.165) is 0 Å². The molecule has 1 fully saturated rings. The summed E-state index contributed by atoms with van der Waals surface area (Å²) in [6, 6.07) is 0.00694. The van der Waals surface area contributed by atoms with Crippen LogP contribution in [0.4, 0.5) is 4.79 Å². The van der Waals surface area contributed by atoms with E-state index in [4.69, 9.17) is 4.74 Å². The predicted molar refractivity (Wildman–Crippen MR) is 45.8 cm³/mol. The molecule has 1 heterocycles. The zero-order chi connectivity index (χ0) is 8.59. The molecule has 11 heavy (non-hydrogen) atoms. The topological polar surface area (TPSA) is 29.5 Å². The van der Waals surface area contributed by atoms with Crippen LogP contribution in [0.5, 0.6) is 0 Å². The summed E-state index contributed by atoms with van der Waals surface area (Å²) in [5, 5.41) is 0. The van der Waals surface area contributed by atoms with Crippen molar-refractivity contribution < 1.29 is 9.53 Å². The Hall–Kier alpha value is -0.560. The minimum atomic E-state index is -0.335. The third kappa shape index (κ3) is 1.38. The van der Waals surface area contributed by atoms with Crippen LogP contribution < -0.4 is 0 Å². The lowest BCUT2D eigenvalue weighted by atomic mass is 10.0. The van der Waals surface area contributed by atoms with Crippen molar-refractivity contribution in [2.45, 2.75) is 19.9 Å². The summed E-state index contributed by atoms with van der Waals surface area (Å²) in [7, 11) is 2.34. The predicted octanol–water partition coefficient (Wildman–Crippen LogP) is 1.77. The van der Waals surface area contributed by atoms with Crippen LogP contribution in [0.15, 0.2) is 12.3 Å². The molecule has 4 heteroatoms. The molecule has 1 aliphatic rings. The molecule has 2 atom stereocenters. The van der Waals surface area contributed by atoms with Gasteiger partial charge in [-0.1, -0.05) is 20.4 Å². The fraction of sp³-hybridized carbons (Fsp3) is 0.571. The van der Waals surface area contributed by atoms with E-state index in [1.54, 1.807) is 0 Å². The molecule has 0 saturated carbocycles. The Balaban J connectivity index is 2.79. The second kappa shape index (κ2) is 2.82. The maximum absolute atomic E-state index is 10.9. The number of ether oxygens (including phenoxy) is 1. The van der Waals surface area contributed by atoms with Crippen molar-refractivity contribution in [3.8, 4) is 0 Å². The van der Waals surface area contributed by atoms with Gasteiger partial charge >= 0.3 is 6.09 Å². The lowest BCUT2D eigenvalue weighted by molar-refractivity contribution is 0.184. The Kier molecular flexibility index (Phi) is 2.19. The van der Waals surface area contributed by atoms with E-state index >= 15 is 0 Å². The van der Waals surface area contributed by atoms with Crippen molar-refractivity contribution in [1.29, 1.82) is 0 Å². The van der Waals surface area contributed by atoms with E-state index in [0.29, 0.717) is 11.7 Å². The summed E-state index contributed by atoms with van der Waals surface area (Å²) in [4.78, 5) is 10.9. The smallest absolute Gasteiger partial charge is 0.413 e. The third-order valence-corrected chi connectivity index (χ3v) is 2.22. The van der Waals surface area contributed by atoms with Gasteiger partial charge in [-0.2, -0.15) is 0 Å². The highest BCUT2D eigenvalue weighted by Crippen LogP contribution is 2.29. The average molecular weight is 173 g/mol. The molecular weight excluding hydrogens is 161 g/mol. The Morgan fingerprint density at radius 3 is 2.45 bits per heavy atom. The summed E-state index contributed by atoms with van der Waals surface area (Å²) >= 11 is 0. The number of rotatable bonds is 1. The van der Waals surface area contributed by atoms with Gasteiger partial charge in [0, 0.05) is 0 Å². The SMILES string of the molecule is C=C1OC(=O)N(P)C1C(C)C. The van der Waals surface area contributed by atoms with E-state index in [-0.39, 0.29) is 12.1 Å². The van der Waals surface area contributed by atoms with Gasteiger partial charge < -0.3 is 4.74 Å². The minimum absolute atomic E-state index is 0.00694. The third-order valence-electron chi connectivity index (χ3n) is 1.69. The fourth-order valence-corrected chi connectivity index (χ4v) is 1.75. The number of amides is 1. The summed E-state index contributed by atoms with van der Waals surface area (Å²) in [6.45, 7) is 7.70. The Bertz CT molecular complexity index is 203. The molecule has 0 radical (unpaired) electrons. The molecule has 1 aliphatic heterocycles. The van der Waals surface area contributed by atoms with Gasteiger partial charge in [-0.25, -0.2) is 4.79 Å². The summed E-state index contributed by atoms with van der Waals surface area (Å²) in [6.07, 6.45) is -0.335. The van der Waals surface area contributed by atoms with Crippen LogP contribution in [0.3, 0.4) is 0 Å². The highest BCUT2D eigenvalue weighted by molar-refractivity contribution is 7.14. The molecule has 62 valence electrons. The molecule has 1 amide bonds. The average Bonchev–Trinajstić information content (AvgIpc) is 2.07. The first-order valence-electron chi connectivity index (χ1n) is 3.48. The van der Waals surface area contributed by atoms with Gasteiger partial charge in [-0.3, -0.25) is 4.67 Å². The molecule has 0 aromatic rings. The minimum Gasteiger partial charge on any atom is -0.413 e. The number of hydrogen-bond acceptors (Lipinski definition) is 2. The molecule has 0 aliphatic carbocycles. The Morgan fingerprint density at radius 1 is 1.73 bits per heavy atom. The van der Waals surface area contributed by atoms with Crippen LogP contribution in [-0.2, 0) is 4.74 Å². The Morgan fingerprint density at radius 2 is 2.27 bits per heavy atom. The first-order valence-corrected chi connectivity index (χ1v) is 4.00. The van der Waals surface area contributed by atoms with Crippen molar-refractivity contribution >= 4 is 15.5 Å². The standard InChI is InChI=1S/C7H12NO2P/c1-4(2)6-5(3)10-7(9)8(6)11/h4,6H,3,11H2,1-2H3. The van der Waals surface area contributed by atoms with E-state index in [9.17, 15) is 4.79 Å². The van der Waals surface area contributed by atoms with Crippen molar-refractivity contribution in [2.75, 3.05) is 0 Å². The summed E-state index contributed by atoms with van der Waals surface area (Å²) < 4.78 is 6.31. The van der Waals surface area contributed by atoms with E-state index in [1.807, 2.05) is 13.8 Å². The van der Waals surface area contributed by atoms with Gasteiger partial charge in [0.05, 0.1) is 6.04 Å². The van der Waals surface area contributed by atoms with Gasteiger partial charge in [0.15, 0.2) is 0 Å². The lowest BCUT2D eigenvalue weighted by Crippen LogP contribution is -2.27. The zero-order valence-corrected chi connectivity index (χ0v) is 7.86. The van der Waals surface area contributed by atoms with Crippen LogP contribution in [-0.4, -0.2) is 16.8 Å². The monoisotopic (exact) mass is 173 g/mol. The van der Waals surface area contributed by atoms with Crippen LogP contribution in [0.2, 0.25) is 0 Å². The fourth-order valence-electron chi connectivity index (χ4n) is 1.19. The van der Waals surface area contributed by atoms with Crippen LogP contribution >= 0.6 is 9.39 Å². The van der Waals surface area contributed by atoms with Crippen molar-refractivity contribution in [3.05, 3.63) is 12.3 Å². The highest BCUT2D eigenvalue weighted by Gasteiger charge is 2.35. The van der Waals surface area contributed by atoms with Gasteiger partial charge in [-0.05, 0) is 15.3 Å². The number of carbonyl (C=O) groups is 1. The molecule has 2 unspecified atom stereocenters. The maximum Gasteiger partial charge on any atom is 0.418 e. The van der Waals surface area contributed by atoms with Crippen LogP contribution in [0.1, 0.15) is 13.8 Å². The number of nitrogens with zero attached hydrogens (tertiary/aromatic N) is 1. The van der Waals surface area contributed by atoms with Crippen LogP contribution in [0, 0.1) is 5.92 Å². The highest BCUT2D eigenvalue weighted by atomic mass is 31.0. The van der Waals surface area contributed by atoms with Gasteiger partial charge in [0.1, 0.15) is 5.76 Å². The molecule has 0 spiro atoms. The first-order chi connectivity index (χ1) is 5.04. The van der Waals surface area contributed by atoms with Gasteiger partial charge in [0.25, 0.3) is 0 Å². The lowest BCUT2D eigenvalue weighted by Gasteiger charge is -2.19. The number of hydrogen-bond donors (Lipinski definition) is 0. The molecular formula is C7H12NO2P. The second-order valence-electron chi connectivity index (χ2n) is 2.93. The van der Waals surface area contributed by atoms with Crippen molar-refractivity contribution in [2.24, 2.45) is 5.92 Å². The zero-order valence-electron chi connectivity index (χ0n) is 6.70. The van der Waals surface area contributed by atoms with Crippen molar-refractivity contribution in [3.63, 3.8) is 0 Å². The quantitative estimate of drug-likeness (QED) is 0.565. The molecule has 3 nitrogen and oxygen atoms in total. The first kappa shape index (κ1) is 8.54. The molecule has 0 N–H and O–H groups in total. The normalized spacial score (nSPS) is 24.7. The summed E-state index contributed by atoms with van der Waals surface area (Å²) in [5.41, 5.74) is 0. The van der Waals surface area contributed by atoms with E-state index in [1.165, 1.54) is 4.67 Å². The van der Waals surface area contributed by atoms with E-state index in [2.05, 4.69) is 16.0 Å². The molecule has 1 rings (SSSR count).